The predicted octanol–water partition coefficient (Wildman–Crippen LogP) is 6.99. The third-order valence-electron chi connectivity index (χ3n) is 5.26. The van der Waals surface area contributed by atoms with Crippen LogP contribution in [-0.4, -0.2) is 24.6 Å². The van der Waals surface area contributed by atoms with E-state index in [4.69, 9.17) is 9.47 Å². The molecule has 0 N–H and O–H groups in total. The number of esters is 2. The molecule has 0 aliphatic carbocycles. The Morgan fingerprint density at radius 1 is 0.714 bits per heavy atom. The van der Waals surface area contributed by atoms with Gasteiger partial charge < -0.3 is 9.47 Å². The minimum Gasteiger partial charge on any atom is -0.465 e. The molecule has 166 valence electrons. The van der Waals surface area contributed by atoms with E-state index in [0.717, 1.165) is 25.7 Å². The van der Waals surface area contributed by atoms with Crippen LogP contribution in [0.5, 0.6) is 0 Å². The first-order chi connectivity index (χ1) is 13.4. The molecule has 0 amide bonds. The molecule has 0 spiro atoms. The molecular weight excluding hydrogens is 352 g/mol. The number of hydrogen-bond acceptors (Lipinski definition) is 4. The molecule has 0 aromatic rings. The summed E-state index contributed by atoms with van der Waals surface area (Å²) >= 11 is 0. The Labute approximate surface area is 174 Å². The lowest BCUT2D eigenvalue weighted by molar-refractivity contribution is -0.172. The van der Waals surface area contributed by atoms with E-state index in [9.17, 15) is 9.59 Å². The number of rotatable bonds is 18. The van der Waals surface area contributed by atoms with Crippen molar-refractivity contribution < 1.29 is 19.1 Å². The number of unbranched alkanes of at least 4 members (excludes halogenated alkanes) is 11. The average molecular weight is 399 g/mol. The smallest absolute Gasteiger partial charge is 0.323 e. The van der Waals surface area contributed by atoms with E-state index in [1.54, 1.807) is 13.8 Å². The summed E-state index contributed by atoms with van der Waals surface area (Å²) in [5.74, 6) is -0.975. The molecule has 4 heteroatoms. The van der Waals surface area contributed by atoms with E-state index >= 15 is 0 Å². The second-order valence-corrected chi connectivity index (χ2v) is 8.65. The Kier molecular flexibility index (Phi) is 16.2. The Hall–Kier alpha value is -1.06. The zero-order valence-corrected chi connectivity index (χ0v) is 19.3. The fourth-order valence-electron chi connectivity index (χ4n) is 3.17. The molecule has 0 saturated carbocycles. The number of carbonyl (C=O) groups excluding carboxylic acids is 2. The van der Waals surface area contributed by atoms with Gasteiger partial charge in [0.05, 0.1) is 12.7 Å². The van der Waals surface area contributed by atoms with Crippen molar-refractivity contribution in [3.05, 3.63) is 0 Å². The second kappa shape index (κ2) is 16.9. The van der Waals surface area contributed by atoms with Crippen LogP contribution in [0.3, 0.4) is 0 Å². The van der Waals surface area contributed by atoms with Crippen molar-refractivity contribution in [2.75, 3.05) is 6.61 Å². The van der Waals surface area contributed by atoms with Gasteiger partial charge in [0.25, 0.3) is 0 Å². The van der Waals surface area contributed by atoms with Crippen LogP contribution >= 0.6 is 0 Å². The molecule has 0 rings (SSSR count). The number of carbonyl (C=O) groups is 2. The van der Waals surface area contributed by atoms with Crippen molar-refractivity contribution in [1.29, 1.82) is 0 Å². The quantitative estimate of drug-likeness (QED) is 0.142. The molecule has 4 nitrogen and oxygen atoms in total. The number of hydrogen-bond donors (Lipinski definition) is 0. The van der Waals surface area contributed by atoms with Crippen LogP contribution in [-0.2, 0) is 19.1 Å². The average Bonchev–Trinajstić information content (AvgIpc) is 2.65. The Balaban J connectivity index is 3.68. The molecule has 0 aliphatic rings. The van der Waals surface area contributed by atoms with E-state index < -0.39 is 17.4 Å². The molecule has 0 aromatic carbocycles. The van der Waals surface area contributed by atoms with Gasteiger partial charge in [0.2, 0.25) is 0 Å². The maximum absolute atomic E-state index is 12.2. The summed E-state index contributed by atoms with van der Waals surface area (Å²) in [5.41, 5.74) is -1.24. The van der Waals surface area contributed by atoms with Gasteiger partial charge in [-0.3, -0.25) is 9.59 Å². The lowest BCUT2D eigenvalue weighted by Crippen LogP contribution is -2.38. The van der Waals surface area contributed by atoms with Crippen molar-refractivity contribution in [1.82, 2.24) is 0 Å². The molecule has 1 atom stereocenters. The van der Waals surface area contributed by atoms with E-state index in [1.165, 1.54) is 64.2 Å². The van der Waals surface area contributed by atoms with Gasteiger partial charge in [0, 0.05) is 0 Å². The SMILES string of the molecule is CCCCCCCCCCCCCCOC(=O)C(C)(C)C(=O)OC(C)CCC. The third kappa shape index (κ3) is 13.2. The summed E-state index contributed by atoms with van der Waals surface area (Å²) in [5, 5.41) is 0. The normalized spacial score (nSPS) is 12.6. The maximum Gasteiger partial charge on any atom is 0.323 e. The molecule has 28 heavy (non-hydrogen) atoms. The fraction of sp³-hybridized carbons (Fsp3) is 0.917. The van der Waals surface area contributed by atoms with Crippen LogP contribution in [0, 0.1) is 5.41 Å². The van der Waals surface area contributed by atoms with Gasteiger partial charge in [0.1, 0.15) is 0 Å². The molecule has 0 fully saturated rings. The lowest BCUT2D eigenvalue weighted by atomic mass is 9.94. The molecule has 0 heterocycles. The highest BCUT2D eigenvalue weighted by Crippen LogP contribution is 2.22. The van der Waals surface area contributed by atoms with Crippen LogP contribution < -0.4 is 0 Å². The first kappa shape index (κ1) is 26.9. The topological polar surface area (TPSA) is 52.6 Å². The van der Waals surface area contributed by atoms with Gasteiger partial charge in [-0.1, -0.05) is 90.9 Å². The molecule has 0 aliphatic heterocycles. The molecule has 1 unspecified atom stereocenters. The first-order valence-electron chi connectivity index (χ1n) is 11.7. The molecular formula is C24H46O4. The summed E-state index contributed by atoms with van der Waals surface area (Å²) in [6.07, 6.45) is 16.8. The largest absolute Gasteiger partial charge is 0.465 e. The zero-order valence-electron chi connectivity index (χ0n) is 19.3. The van der Waals surface area contributed by atoms with Crippen LogP contribution in [0.15, 0.2) is 0 Å². The summed E-state index contributed by atoms with van der Waals surface area (Å²) in [4.78, 5) is 24.4. The molecule has 0 bridgehead atoms. The van der Waals surface area contributed by atoms with Gasteiger partial charge in [-0.15, -0.1) is 0 Å². The monoisotopic (exact) mass is 398 g/mol. The van der Waals surface area contributed by atoms with Crippen molar-refractivity contribution in [2.45, 2.75) is 131 Å². The van der Waals surface area contributed by atoms with Gasteiger partial charge in [-0.25, -0.2) is 0 Å². The molecule has 0 radical (unpaired) electrons. The second-order valence-electron chi connectivity index (χ2n) is 8.65. The summed E-state index contributed by atoms with van der Waals surface area (Å²) in [7, 11) is 0. The standard InChI is InChI=1S/C24H46O4/c1-6-8-9-10-11-12-13-14-15-16-17-18-20-27-22(25)24(4,5)23(26)28-21(3)19-7-2/h21H,6-20H2,1-5H3. The van der Waals surface area contributed by atoms with Crippen LogP contribution in [0.1, 0.15) is 125 Å². The van der Waals surface area contributed by atoms with E-state index in [1.807, 2.05) is 13.8 Å². The molecule has 0 aromatic heterocycles. The van der Waals surface area contributed by atoms with Gasteiger partial charge in [-0.2, -0.15) is 0 Å². The van der Waals surface area contributed by atoms with Crippen molar-refractivity contribution >= 4 is 11.9 Å². The van der Waals surface area contributed by atoms with Crippen LogP contribution in [0.2, 0.25) is 0 Å². The Bertz CT molecular complexity index is 403. The van der Waals surface area contributed by atoms with E-state index in [2.05, 4.69) is 6.92 Å². The van der Waals surface area contributed by atoms with Gasteiger partial charge >= 0.3 is 11.9 Å². The minimum absolute atomic E-state index is 0.166. The lowest BCUT2D eigenvalue weighted by Gasteiger charge is -2.23. The first-order valence-corrected chi connectivity index (χ1v) is 11.7. The van der Waals surface area contributed by atoms with E-state index in [0.29, 0.717) is 6.61 Å². The zero-order chi connectivity index (χ0) is 21.3. The third-order valence-corrected chi connectivity index (χ3v) is 5.26. The van der Waals surface area contributed by atoms with Crippen LogP contribution in [0.25, 0.3) is 0 Å². The maximum atomic E-state index is 12.2. The Morgan fingerprint density at radius 3 is 1.64 bits per heavy atom. The minimum atomic E-state index is -1.24. The summed E-state index contributed by atoms with van der Waals surface area (Å²) < 4.78 is 10.7. The van der Waals surface area contributed by atoms with Crippen molar-refractivity contribution in [2.24, 2.45) is 5.41 Å². The summed E-state index contributed by atoms with van der Waals surface area (Å²) in [6, 6.07) is 0. The van der Waals surface area contributed by atoms with Crippen LogP contribution in [0.4, 0.5) is 0 Å². The van der Waals surface area contributed by atoms with E-state index in [-0.39, 0.29) is 6.10 Å². The van der Waals surface area contributed by atoms with Crippen molar-refractivity contribution in [3.63, 3.8) is 0 Å². The van der Waals surface area contributed by atoms with Crippen molar-refractivity contribution in [3.8, 4) is 0 Å². The highest BCUT2D eigenvalue weighted by atomic mass is 16.6. The van der Waals surface area contributed by atoms with Gasteiger partial charge in [-0.05, 0) is 33.6 Å². The van der Waals surface area contributed by atoms with Gasteiger partial charge in [0.15, 0.2) is 5.41 Å². The summed E-state index contributed by atoms with van der Waals surface area (Å²) in [6.45, 7) is 9.70. The Morgan fingerprint density at radius 2 is 1.18 bits per heavy atom. The highest BCUT2D eigenvalue weighted by Gasteiger charge is 2.40. The number of ether oxygens (including phenoxy) is 2. The fourth-order valence-corrected chi connectivity index (χ4v) is 3.17. The predicted molar refractivity (Wildman–Crippen MR) is 116 cm³/mol. The molecule has 0 saturated heterocycles. The highest BCUT2D eigenvalue weighted by molar-refractivity contribution is 5.99.